The van der Waals surface area contributed by atoms with Crippen LogP contribution in [0.5, 0.6) is 5.75 Å². The first-order chi connectivity index (χ1) is 14.0. The number of nitrogens with one attached hydrogen (secondary N) is 2. The molecule has 1 aliphatic rings. The van der Waals surface area contributed by atoms with E-state index in [4.69, 9.17) is 16.3 Å². The highest BCUT2D eigenvalue weighted by atomic mass is 35.5. The number of likely N-dealkylation sites (tertiary alicyclic amines) is 1. The maximum atomic E-state index is 12.4. The van der Waals surface area contributed by atoms with E-state index in [1.807, 2.05) is 42.5 Å². The van der Waals surface area contributed by atoms with Crippen molar-refractivity contribution in [3.63, 3.8) is 0 Å². The molecule has 29 heavy (non-hydrogen) atoms. The summed E-state index contributed by atoms with van der Waals surface area (Å²) in [6.45, 7) is 3.57. The fourth-order valence-corrected chi connectivity index (χ4v) is 3.44. The lowest BCUT2D eigenvalue weighted by molar-refractivity contribution is -0.128. The number of carbonyl (C=O) groups excluding carboxylic acids is 2. The minimum Gasteiger partial charge on any atom is -0.479 e. The van der Waals surface area contributed by atoms with E-state index in [2.05, 4.69) is 15.5 Å². The zero-order valence-electron chi connectivity index (χ0n) is 16.4. The van der Waals surface area contributed by atoms with Gasteiger partial charge in [0.25, 0.3) is 5.91 Å². The summed E-state index contributed by atoms with van der Waals surface area (Å²) in [5.41, 5.74) is 0.798. The molecule has 0 unspecified atom stereocenters. The molecule has 1 heterocycles. The van der Waals surface area contributed by atoms with Gasteiger partial charge >= 0.3 is 0 Å². The highest BCUT2D eigenvalue weighted by molar-refractivity contribution is 6.32. The summed E-state index contributed by atoms with van der Waals surface area (Å²) in [4.78, 5) is 26.7. The lowest BCUT2D eigenvalue weighted by Gasteiger charge is -2.32. The van der Waals surface area contributed by atoms with Crippen molar-refractivity contribution in [3.05, 3.63) is 59.6 Å². The van der Waals surface area contributed by atoms with Crippen molar-refractivity contribution in [1.82, 2.24) is 10.2 Å². The van der Waals surface area contributed by atoms with Crippen LogP contribution >= 0.6 is 11.6 Å². The first kappa shape index (κ1) is 21.1. The van der Waals surface area contributed by atoms with E-state index in [-0.39, 0.29) is 17.9 Å². The van der Waals surface area contributed by atoms with Gasteiger partial charge in [-0.25, -0.2) is 0 Å². The van der Waals surface area contributed by atoms with Crippen molar-refractivity contribution in [2.24, 2.45) is 0 Å². The van der Waals surface area contributed by atoms with Crippen LogP contribution in [0.25, 0.3) is 0 Å². The van der Waals surface area contributed by atoms with Gasteiger partial charge in [-0.1, -0.05) is 41.9 Å². The molecule has 0 aliphatic carbocycles. The number of anilines is 1. The average molecular weight is 416 g/mol. The molecule has 0 spiro atoms. The Morgan fingerprint density at radius 2 is 1.76 bits per heavy atom. The molecule has 1 aliphatic heterocycles. The molecular formula is C22H26ClN3O3. The molecule has 0 radical (unpaired) electrons. The van der Waals surface area contributed by atoms with Crippen molar-refractivity contribution in [3.8, 4) is 5.75 Å². The Kier molecular flexibility index (Phi) is 7.49. The van der Waals surface area contributed by atoms with E-state index >= 15 is 0 Å². The van der Waals surface area contributed by atoms with E-state index in [0.717, 1.165) is 31.6 Å². The van der Waals surface area contributed by atoms with Crippen LogP contribution in [0.3, 0.4) is 0 Å². The molecule has 0 aromatic heterocycles. The Balaban J connectivity index is 1.39. The van der Waals surface area contributed by atoms with E-state index < -0.39 is 6.10 Å². The van der Waals surface area contributed by atoms with Crippen LogP contribution in [-0.2, 0) is 9.59 Å². The lowest BCUT2D eigenvalue weighted by atomic mass is 10.0. The molecule has 3 rings (SSSR count). The Hall–Kier alpha value is -2.57. The molecule has 2 amide bonds. The highest BCUT2D eigenvalue weighted by Crippen LogP contribution is 2.24. The van der Waals surface area contributed by atoms with Gasteiger partial charge in [0.2, 0.25) is 5.91 Å². The van der Waals surface area contributed by atoms with E-state index in [0.29, 0.717) is 17.3 Å². The number of carbonyl (C=O) groups is 2. The first-order valence-corrected chi connectivity index (χ1v) is 10.2. The van der Waals surface area contributed by atoms with Crippen molar-refractivity contribution < 1.29 is 14.3 Å². The topological polar surface area (TPSA) is 70.7 Å². The smallest absolute Gasteiger partial charge is 0.260 e. The maximum absolute atomic E-state index is 12.4. The first-order valence-electron chi connectivity index (χ1n) is 9.80. The fourth-order valence-electron chi connectivity index (χ4n) is 3.26. The Morgan fingerprint density at radius 1 is 1.10 bits per heavy atom. The highest BCUT2D eigenvalue weighted by Gasteiger charge is 2.24. The second-order valence-corrected chi connectivity index (χ2v) is 7.57. The number of hydrogen-bond acceptors (Lipinski definition) is 4. The quantitative estimate of drug-likeness (QED) is 0.727. The number of nitrogens with zero attached hydrogens (tertiary/aromatic N) is 1. The van der Waals surface area contributed by atoms with Crippen LogP contribution in [0.4, 0.5) is 5.69 Å². The minimum atomic E-state index is -0.635. The average Bonchev–Trinajstić information content (AvgIpc) is 2.72. The predicted molar refractivity (Wildman–Crippen MR) is 114 cm³/mol. The molecular weight excluding hydrogens is 390 g/mol. The van der Waals surface area contributed by atoms with Crippen molar-refractivity contribution in [2.75, 3.05) is 25.0 Å². The minimum absolute atomic E-state index is 0.0274. The van der Waals surface area contributed by atoms with Crippen molar-refractivity contribution in [1.29, 1.82) is 0 Å². The summed E-state index contributed by atoms with van der Waals surface area (Å²) >= 11 is 6.08. The van der Waals surface area contributed by atoms with Gasteiger partial charge in [0, 0.05) is 24.8 Å². The second-order valence-electron chi connectivity index (χ2n) is 7.16. The third-order valence-electron chi connectivity index (χ3n) is 4.87. The van der Waals surface area contributed by atoms with E-state index in [1.54, 1.807) is 19.1 Å². The summed E-state index contributed by atoms with van der Waals surface area (Å²) < 4.78 is 5.67. The van der Waals surface area contributed by atoms with Gasteiger partial charge in [-0.2, -0.15) is 0 Å². The Labute approximate surface area is 176 Å². The number of hydrogen-bond donors (Lipinski definition) is 2. The van der Waals surface area contributed by atoms with Crippen LogP contribution in [0.2, 0.25) is 5.02 Å². The van der Waals surface area contributed by atoms with Crippen LogP contribution in [-0.4, -0.2) is 48.5 Å². The van der Waals surface area contributed by atoms with Gasteiger partial charge in [-0.15, -0.1) is 0 Å². The largest absolute Gasteiger partial charge is 0.479 e. The number of para-hydroxylation sites is 2. The molecule has 1 saturated heterocycles. The number of benzene rings is 2. The van der Waals surface area contributed by atoms with Crippen molar-refractivity contribution in [2.45, 2.75) is 31.9 Å². The summed E-state index contributed by atoms with van der Waals surface area (Å²) in [6.07, 6.45) is 0.955. The third-order valence-corrected chi connectivity index (χ3v) is 5.18. The Bertz CT molecular complexity index is 823. The molecule has 2 aromatic carbocycles. The zero-order valence-corrected chi connectivity index (χ0v) is 17.2. The number of rotatable bonds is 7. The number of halogens is 1. The van der Waals surface area contributed by atoms with Crippen LogP contribution in [0.1, 0.15) is 19.8 Å². The standard InChI is InChI=1S/C22H26ClN3O3/c1-16(29-20-10-6-5-9-19(20)23)22(28)25-18-11-13-26(14-12-18)15-21(27)24-17-7-3-2-4-8-17/h2-10,16,18H,11-15H2,1H3,(H,24,27)(H,25,28)/t16-/m1/s1. The summed E-state index contributed by atoms with van der Waals surface area (Å²) in [6, 6.07) is 16.6. The predicted octanol–water partition coefficient (Wildman–Crippen LogP) is 3.33. The normalized spacial score (nSPS) is 16.1. The van der Waals surface area contributed by atoms with Gasteiger partial charge < -0.3 is 15.4 Å². The zero-order chi connectivity index (χ0) is 20.6. The van der Waals surface area contributed by atoms with Crippen LogP contribution in [0, 0.1) is 0 Å². The number of piperidine rings is 1. The Morgan fingerprint density at radius 3 is 2.45 bits per heavy atom. The maximum Gasteiger partial charge on any atom is 0.260 e. The molecule has 2 N–H and O–H groups in total. The summed E-state index contributed by atoms with van der Waals surface area (Å²) in [5.74, 6) is 0.307. The SMILES string of the molecule is C[C@@H](Oc1ccccc1Cl)C(=O)NC1CCN(CC(=O)Nc2ccccc2)CC1. The van der Waals surface area contributed by atoms with Gasteiger partial charge in [0.1, 0.15) is 5.75 Å². The van der Waals surface area contributed by atoms with E-state index in [1.165, 1.54) is 0 Å². The summed E-state index contributed by atoms with van der Waals surface area (Å²) in [5, 5.41) is 6.42. The molecule has 1 atom stereocenters. The van der Waals surface area contributed by atoms with Gasteiger partial charge in [-0.3, -0.25) is 14.5 Å². The van der Waals surface area contributed by atoms with Crippen LogP contribution < -0.4 is 15.4 Å². The molecule has 0 bridgehead atoms. The van der Waals surface area contributed by atoms with Gasteiger partial charge in [0.05, 0.1) is 11.6 Å². The molecule has 6 nitrogen and oxygen atoms in total. The molecule has 7 heteroatoms. The van der Waals surface area contributed by atoms with Crippen LogP contribution in [0.15, 0.2) is 54.6 Å². The fraction of sp³-hybridized carbons (Fsp3) is 0.364. The molecule has 2 aromatic rings. The lowest BCUT2D eigenvalue weighted by Crippen LogP contribution is -2.49. The van der Waals surface area contributed by atoms with Gasteiger partial charge in [-0.05, 0) is 44.0 Å². The van der Waals surface area contributed by atoms with Gasteiger partial charge in [0.15, 0.2) is 6.10 Å². The summed E-state index contributed by atoms with van der Waals surface area (Å²) in [7, 11) is 0. The number of ether oxygens (including phenoxy) is 1. The molecule has 1 fully saturated rings. The second kappa shape index (κ2) is 10.3. The molecule has 0 saturated carbocycles. The molecule has 154 valence electrons. The third kappa shape index (κ3) is 6.48. The number of amides is 2. The monoisotopic (exact) mass is 415 g/mol. The van der Waals surface area contributed by atoms with Crippen molar-refractivity contribution >= 4 is 29.1 Å². The van der Waals surface area contributed by atoms with E-state index in [9.17, 15) is 9.59 Å².